The molecule has 29 heavy (non-hydrogen) atoms. The number of benzene rings is 2. The maximum Gasteiger partial charge on any atom is 0.220 e. The highest BCUT2D eigenvalue weighted by molar-refractivity contribution is 9.10. The number of carbonyl (C=O) groups is 1. The molecule has 0 fully saturated rings. The van der Waals surface area contributed by atoms with E-state index in [4.69, 9.17) is 4.74 Å². The van der Waals surface area contributed by atoms with Gasteiger partial charge in [0.1, 0.15) is 5.75 Å². The first-order chi connectivity index (χ1) is 14.1. The minimum absolute atomic E-state index is 0.0200. The predicted octanol–water partition coefficient (Wildman–Crippen LogP) is 5.53. The van der Waals surface area contributed by atoms with Crippen LogP contribution in [0, 0.1) is 0 Å². The molecule has 1 heterocycles. The summed E-state index contributed by atoms with van der Waals surface area (Å²) in [4.78, 5) is 16.7. The van der Waals surface area contributed by atoms with E-state index >= 15 is 0 Å². The fourth-order valence-corrected chi connectivity index (χ4v) is 4.22. The van der Waals surface area contributed by atoms with Crippen molar-refractivity contribution in [3.05, 3.63) is 80.2 Å². The molecular weight excluding hydrogens is 448 g/mol. The standard InChI is InChI=1S/C23H25BrN2O2S/c1-2-17-10-11-21(20(24)13-17)28-12-6-9-22(27)25-15-19-16-29-23(26-19)14-18-7-4-3-5-8-18/h3-5,7-8,10-11,13,16H,2,6,9,12,14-15H2,1H3,(H,25,27). The second-order valence-electron chi connectivity index (χ2n) is 6.74. The van der Waals surface area contributed by atoms with Crippen molar-refractivity contribution in [3.8, 4) is 5.75 Å². The zero-order valence-electron chi connectivity index (χ0n) is 16.5. The lowest BCUT2D eigenvalue weighted by atomic mass is 10.2. The molecule has 3 rings (SSSR count). The number of carbonyl (C=O) groups excluding carboxylic acids is 1. The maximum absolute atomic E-state index is 12.1. The highest BCUT2D eigenvalue weighted by Crippen LogP contribution is 2.26. The molecule has 0 bridgehead atoms. The van der Waals surface area contributed by atoms with Crippen molar-refractivity contribution in [3.63, 3.8) is 0 Å². The first-order valence-electron chi connectivity index (χ1n) is 9.79. The summed E-state index contributed by atoms with van der Waals surface area (Å²) >= 11 is 5.16. The van der Waals surface area contributed by atoms with E-state index in [2.05, 4.69) is 57.4 Å². The molecule has 3 aromatic rings. The minimum atomic E-state index is 0.0200. The number of halogens is 1. The van der Waals surface area contributed by atoms with Crippen molar-refractivity contribution < 1.29 is 9.53 Å². The van der Waals surface area contributed by atoms with Crippen molar-refractivity contribution in [2.24, 2.45) is 0 Å². The molecule has 152 valence electrons. The zero-order valence-corrected chi connectivity index (χ0v) is 18.9. The number of hydrogen-bond acceptors (Lipinski definition) is 4. The zero-order chi connectivity index (χ0) is 20.5. The van der Waals surface area contributed by atoms with Crippen LogP contribution >= 0.6 is 27.3 Å². The molecule has 0 saturated carbocycles. The highest BCUT2D eigenvalue weighted by Gasteiger charge is 2.07. The van der Waals surface area contributed by atoms with E-state index in [9.17, 15) is 4.79 Å². The Balaban J connectivity index is 1.35. The van der Waals surface area contributed by atoms with Crippen LogP contribution in [0.1, 0.15) is 41.6 Å². The second-order valence-corrected chi connectivity index (χ2v) is 8.54. The van der Waals surface area contributed by atoms with E-state index in [-0.39, 0.29) is 5.91 Å². The van der Waals surface area contributed by atoms with Crippen molar-refractivity contribution >= 4 is 33.2 Å². The van der Waals surface area contributed by atoms with Crippen LogP contribution < -0.4 is 10.1 Å². The van der Waals surface area contributed by atoms with E-state index in [1.807, 2.05) is 29.6 Å². The van der Waals surface area contributed by atoms with Crippen molar-refractivity contribution in [2.45, 2.75) is 39.2 Å². The fourth-order valence-electron chi connectivity index (χ4n) is 2.86. The summed E-state index contributed by atoms with van der Waals surface area (Å²) in [6.07, 6.45) is 2.92. The molecule has 0 aliphatic heterocycles. The van der Waals surface area contributed by atoms with Crippen molar-refractivity contribution in [1.29, 1.82) is 0 Å². The van der Waals surface area contributed by atoms with Crippen LogP contribution in [0.3, 0.4) is 0 Å². The lowest BCUT2D eigenvalue weighted by Gasteiger charge is -2.09. The number of nitrogens with zero attached hydrogens (tertiary/aromatic N) is 1. The SMILES string of the molecule is CCc1ccc(OCCCC(=O)NCc2csc(Cc3ccccc3)n2)c(Br)c1. The first kappa shape index (κ1) is 21.5. The Kier molecular flexibility index (Phi) is 8.25. The van der Waals surface area contributed by atoms with Gasteiger partial charge in [-0.15, -0.1) is 11.3 Å². The van der Waals surface area contributed by atoms with Crippen LogP contribution in [-0.4, -0.2) is 17.5 Å². The molecule has 0 radical (unpaired) electrons. The van der Waals surface area contributed by atoms with Gasteiger partial charge >= 0.3 is 0 Å². The number of ether oxygens (including phenoxy) is 1. The van der Waals surface area contributed by atoms with Crippen molar-refractivity contribution in [1.82, 2.24) is 10.3 Å². The van der Waals surface area contributed by atoms with Crippen LogP contribution in [-0.2, 0) is 24.2 Å². The molecule has 4 nitrogen and oxygen atoms in total. The van der Waals surface area contributed by atoms with Gasteiger partial charge in [0.05, 0.1) is 28.3 Å². The number of nitrogens with one attached hydrogen (secondary N) is 1. The van der Waals surface area contributed by atoms with Crippen LogP contribution in [0.25, 0.3) is 0 Å². The van der Waals surface area contributed by atoms with Gasteiger partial charge in [0.25, 0.3) is 0 Å². The van der Waals surface area contributed by atoms with Gasteiger partial charge < -0.3 is 10.1 Å². The molecule has 0 unspecified atom stereocenters. The largest absolute Gasteiger partial charge is 0.492 e. The van der Waals surface area contributed by atoms with Crippen LogP contribution in [0.4, 0.5) is 0 Å². The van der Waals surface area contributed by atoms with E-state index < -0.39 is 0 Å². The number of amides is 1. The molecule has 0 aliphatic carbocycles. The molecule has 0 saturated heterocycles. The average Bonchev–Trinajstić information content (AvgIpc) is 3.18. The number of aryl methyl sites for hydroxylation is 1. The summed E-state index contributed by atoms with van der Waals surface area (Å²) in [7, 11) is 0. The lowest BCUT2D eigenvalue weighted by molar-refractivity contribution is -0.121. The van der Waals surface area contributed by atoms with Gasteiger partial charge in [-0.05, 0) is 52.0 Å². The summed E-state index contributed by atoms with van der Waals surface area (Å²) in [6, 6.07) is 16.4. The Labute approximate surface area is 184 Å². The molecule has 0 spiro atoms. The second kappa shape index (κ2) is 11.1. The average molecular weight is 473 g/mol. The molecular formula is C23H25BrN2O2S. The molecule has 0 atom stereocenters. The van der Waals surface area contributed by atoms with Crippen LogP contribution in [0.15, 0.2) is 58.4 Å². The molecule has 2 aromatic carbocycles. The third-order valence-electron chi connectivity index (χ3n) is 4.47. The van der Waals surface area contributed by atoms with Crippen LogP contribution in [0.5, 0.6) is 5.75 Å². The van der Waals surface area contributed by atoms with Gasteiger partial charge in [0.2, 0.25) is 5.91 Å². The number of thiazole rings is 1. The number of hydrogen-bond donors (Lipinski definition) is 1. The van der Waals surface area contributed by atoms with Gasteiger partial charge in [0.15, 0.2) is 0 Å². The Morgan fingerprint density at radius 1 is 1.17 bits per heavy atom. The van der Waals surface area contributed by atoms with E-state index in [1.165, 1.54) is 11.1 Å². The van der Waals surface area contributed by atoms with Gasteiger partial charge in [0, 0.05) is 18.2 Å². The highest BCUT2D eigenvalue weighted by atomic mass is 79.9. The normalized spacial score (nSPS) is 10.7. The molecule has 0 aliphatic rings. The third kappa shape index (κ3) is 6.98. The van der Waals surface area contributed by atoms with E-state index in [1.54, 1.807) is 11.3 Å². The summed E-state index contributed by atoms with van der Waals surface area (Å²) in [5.41, 5.74) is 3.41. The Morgan fingerprint density at radius 3 is 2.76 bits per heavy atom. The lowest BCUT2D eigenvalue weighted by Crippen LogP contribution is -2.23. The minimum Gasteiger partial charge on any atom is -0.492 e. The van der Waals surface area contributed by atoms with Crippen LogP contribution in [0.2, 0.25) is 0 Å². The summed E-state index contributed by atoms with van der Waals surface area (Å²) in [6.45, 7) is 3.10. The molecule has 1 aromatic heterocycles. The molecule has 1 amide bonds. The first-order valence-corrected chi connectivity index (χ1v) is 11.5. The Morgan fingerprint density at radius 2 is 2.00 bits per heavy atom. The summed E-state index contributed by atoms with van der Waals surface area (Å²) in [5, 5.41) is 6.02. The maximum atomic E-state index is 12.1. The van der Waals surface area contributed by atoms with Gasteiger partial charge in [-0.3, -0.25) is 4.79 Å². The number of rotatable bonds is 10. The number of aromatic nitrogens is 1. The Hall–Kier alpha value is -2.18. The fraction of sp³-hybridized carbons (Fsp3) is 0.304. The molecule has 6 heteroatoms. The monoisotopic (exact) mass is 472 g/mol. The third-order valence-corrected chi connectivity index (χ3v) is 5.99. The topological polar surface area (TPSA) is 51.2 Å². The Bertz CT molecular complexity index is 928. The van der Waals surface area contributed by atoms with Gasteiger partial charge in [-0.2, -0.15) is 0 Å². The van der Waals surface area contributed by atoms with Crippen molar-refractivity contribution in [2.75, 3.05) is 6.61 Å². The van der Waals surface area contributed by atoms with E-state index in [0.717, 1.165) is 33.8 Å². The molecule has 1 N–H and O–H groups in total. The van der Waals surface area contributed by atoms with Gasteiger partial charge in [-0.25, -0.2) is 4.98 Å². The predicted molar refractivity (Wildman–Crippen MR) is 121 cm³/mol. The smallest absolute Gasteiger partial charge is 0.220 e. The summed E-state index contributed by atoms with van der Waals surface area (Å²) < 4.78 is 6.73. The summed E-state index contributed by atoms with van der Waals surface area (Å²) in [5.74, 6) is 0.836. The van der Waals surface area contributed by atoms with Gasteiger partial charge in [-0.1, -0.05) is 43.3 Å². The van der Waals surface area contributed by atoms with E-state index in [0.29, 0.717) is 26.0 Å². The quantitative estimate of drug-likeness (QED) is 0.394.